The van der Waals surface area contributed by atoms with Crippen molar-refractivity contribution in [3.8, 4) is 5.75 Å². The molecule has 1 amide bonds. The van der Waals surface area contributed by atoms with Crippen LogP contribution in [-0.4, -0.2) is 48.8 Å². The predicted molar refractivity (Wildman–Crippen MR) is 141 cm³/mol. The van der Waals surface area contributed by atoms with Gasteiger partial charge < -0.3 is 19.1 Å². The average molecular weight is 507 g/mol. The lowest BCUT2D eigenvalue weighted by Crippen LogP contribution is -2.38. The Bertz CT molecular complexity index is 962. The number of hydrogen-bond acceptors (Lipinski definition) is 6. The SMILES string of the molecule is COc1ccc(C(=O)CCCCN(CCc2ccccc2Cl)C(=O)OC(C)(C)C)cc1NSC. The number of anilines is 1. The van der Waals surface area contributed by atoms with Crippen molar-refractivity contribution in [3.63, 3.8) is 0 Å². The second kappa shape index (κ2) is 13.5. The lowest BCUT2D eigenvalue weighted by Gasteiger charge is -2.27. The Morgan fingerprint density at radius 1 is 1.09 bits per heavy atom. The molecule has 0 bridgehead atoms. The number of rotatable bonds is 12. The highest BCUT2D eigenvalue weighted by Gasteiger charge is 2.22. The molecule has 0 atom stereocenters. The first kappa shape index (κ1) is 27.9. The van der Waals surface area contributed by atoms with Crippen LogP contribution in [-0.2, 0) is 11.2 Å². The highest BCUT2D eigenvalue weighted by atomic mass is 35.5. The predicted octanol–water partition coefficient (Wildman–Crippen LogP) is 6.87. The Morgan fingerprint density at radius 2 is 1.82 bits per heavy atom. The minimum absolute atomic E-state index is 0.0618. The summed E-state index contributed by atoms with van der Waals surface area (Å²) in [7, 11) is 1.60. The largest absolute Gasteiger partial charge is 0.495 e. The lowest BCUT2D eigenvalue weighted by molar-refractivity contribution is 0.0249. The van der Waals surface area contributed by atoms with Gasteiger partial charge in [-0.15, -0.1) is 0 Å². The summed E-state index contributed by atoms with van der Waals surface area (Å²) in [6.07, 6.45) is 3.96. The molecule has 2 rings (SSSR count). The first-order valence-electron chi connectivity index (χ1n) is 11.4. The van der Waals surface area contributed by atoms with E-state index in [1.165, 1.54) is 11.9 Å². The van der Waals surface area contributed by atoms with E-state index in [2.05, 4.69) is 4.72 Å². The number of carbonyl (C=O) groups is 2. The molecule has 2 aromatic rings. The smallest absolute Gasteiger partial charge is 0.410 e. The van der Waals surface area contributed by atoms with Crippen LogP contribution < -0.4 is 9.46 Å². The number of amides is 1. The summed E-state index contributed by atoms with van der Waals surface area (Å²) in [5, 5.41) is 0.687. The summed E-state index contributed by atoms with van der Waals surface area (Å²) in [6.45, 7) is 6.56. The zero-order valence-electron chi connectivity index (χ0n) is 20.7. The first-order valence-corrected chi connectivity index (χ1v) is 13.0. The summed E-state index contributed by atoms with van der Waals surface area (Å²) in [4.78, 5) is 27.2. The van der Waals surface area contributed by atoms with E-state index in [1.807, 2.05) is 57.4 Å². The molecular weight excluding hydrogens is 472 g/mol. The van der Waals surface area contributed by atoms with Gasteiger partial charge in [0.15, 0.2) is 5.78 Å². The van der Waals surface area contributed by atoms with Gasteiger partial charge in [0.1, 0.15) is 11.4 Å². The van der Waals surface area contributed by atoms with Crippen molar-refractivity contribution in [2.75, 3.05) is 31.2 Å². The van der Waals surface area contributed by atoms with Gasteiger partial charge in [0.05, 0.1) is 12.8 Å². The Hall–Kier alpha value is -2.38. The molecule has 0 unspecified atom stereocenters. The van der Waals surface area contributed by atoms with E-state index >= 15 is 0 Å². The number of halogens is 1. The standard InChI is InChI=1S/C26H35ClN2O4S/c1-26(2,3)33-25(31)29(17-15-19-10-6-7-11-21(19)27)16-9-8-12-23(30)20-13-14-24(32-4)22(18-20)28-34-5/h6-7,10-11,13-14,18,28H,8-9,12,15-17H2,1-5H3. The number of nitrogens with one attached hydrogen (secondary N) is 1. The van der Waals surface area contributed by atoms with Gasteiger partial charge in [0, 0.05) is 36.4 Å². The van der Waals surface area contributed by atoms with Gasteiger partial charge in [-0.2, -0.15) is 0 Å². The molecule has 34 heavy (non-hydrogen) atoms. The molecule has 0 aliphatic carbocycles. The fourth-order valence-corrected chi connectivity index (χ4v) is 3.99. The number of unbranched alkanes of at least 4 members (excludes halogenated alkanes) is 1. The molecule has 0 aliphatic heterocycles. The number of hydrogen-bond donors (Lipinski definition) is 1. The zero-order valence-corrected chi connectivity index (χ0v) is 22.2. The van der Waals surface area contributed by atoms with Crippen molar-refractivity contribution in [3.05, 3.63) is 58.6 Å². The highest BCUT2D eigenvalue weighted by Crippen LogP contribution is 2.28. The molecule has 2 aromatic carbocycles. The quantitative estimate of drug-likeness (QED) is 0.192. The third-order valence-electron chi connectivity index (χ3n) is 5.08. The lowest BCUT2D eigenvalue weighted by atomic mass is 10.0. The van der Waals surface area contributed by atoms with E-state index in [-0.39, 0.29) is 11.9 Å². The van der Waals surface area contributed by atoms with Crippen LogP contribution in [0.2, 0.25) is 5.02 Å². The summed E-state index contributed by atoms with van der Waals surface area (Å²) >= 11 is 7.72. The maximum atomic E-state index is 12.8. The molecule has 0 aromatic heterocycles. The number of carbonyl (C=O) groups excluding carboxylic acids is 2. The molecule has 0 heterocycles. The second-order valence-electron chi connectivity index (χ2n) is 8.91. The topological polar surface area (TPSA) is 67.9 Å². The van der Waals surface area contributed by atoms with Crippen molar-refractivity contribution in [2.24, 2.45) is 0 Å². The number of nitrogens with zero attached hydrogens (tertiary/aromatic N) is 1. The minimum atomic E-state index is -0.577. The number of methoxy groups -OCH3 is 1. The maximum Gasteiger partial charge on any atom is 0.410 e. The molecule has 1 N–H and O–H groups in total. The Kier molecular flexibility index (Phi) is 11.1. The van der Waals surface area contributed by atoms with Crippen LogP contribution in [0, 0.1) is 0 Å². The van der Waals surface area contributed by atoms with Crippen LogP contribution in [0.3, 0.4) is 0 Å². The average Bonchev–Trinajstić information content (AvgIpc) is 2.78. The third-order valence-corrected chi connectivity index (χ3v) is 5.87. The molecule has 0 aliphatic rings. The van der Waals surface area contributed by atoms with Gasteiger partial charge in [-0.25, -0.2) is 4.79 Å². The number of Topliss-reactive ketones (excluding diaryl/α,β-unsaturated/α-hetero) is 1. The van der Waals surface area contributed by atoms with E-state index in [4.69, 9.17) is 21.1 Å². The van der Waals surface area contributed by atoms with Crippen LogP contribution in [0.5, 0.6) is 5.75 Å². The highest BCUT2D eigenvalue weighted by molar-refractivity contribution is 7.99. The van der Waals surface area contributed by atoms with E-state index in [1.54, 1.807) is 24.1 Å². The van der Waals surface area contributed by atoms with E-state index < -0.39 is 5.60 Å². The van der Waals surface area contributed by atoms with Crippen molar-refractivity contribution < 1.29 is 19.1 Å². The number of benzene rings is 2. The fraction of sp³-hybridized carbons (Fsp3) is 0.462. The minimum Gasteiger partial charge on any atom is -0.495 e. The van der Waals surface area contributed by atoms with Crippen LogP contribution in [0.4, 0.5) is 10.5 Å². The Morgan fingerprint density at radius 3 is 2.47 bits per heavy atom. The molecular formula is C26H35ClN2O4S. The summed E-state index contributed by atoms with van der Waals surface area (Å²) < 4.78 is 14.1. The zero-order chi connectivity index (χ0) is 25.1. The molecule has 0 radical (unpaired) electrons. The van der Waals surface area contributed by atoms with Crippen molar-refractivity contribution in [1.29, 1.82) is 0 Å². The third kappa shape index (κ3) is 9.11. The second-order valence-corrected chi connectivity index (χ2v) is 9.93. The molecule has 0 spiro atoms. The van der Waals surface area contributed by atoms with Gasteiger partial charge in [-0.1, -0.05) is 41.7 Å². The van der Waals surface area contributed by atoms with Crippen molar-refractivity contribution in [1.82, 2.24) is 4.90 Å². The monoisotopic (exact) mass is 506 g/mol. The molecule has 186 valence electrons. The Balaban J connectivity index is 1.94. The number of ether oxygens (including phenoxy) is 2. The normalized spacial score (nSPS) is 11.1. The van der Waals surface area contributed by atoms with Crippen molar-refractivity contribution in [2.45, 2.75) is 52.1 Å². The van der Waals surface area contributed by atoms with E-state index in [9.17, 15) is 9.59 Å². The number of ketones is 1. The van der Waals surface area contributed by atoms with Crippen LogP contribution in [0.25, 0.3) is 0 Å². The van der Waals surface area contributed by atoms with E-state index in [0.29, 0.717) is 55.1 Å². The van der Waals surface area contributed by atoms with E-state index in [0.717, 1.165) is 11.3 Å². The molecule has 0 saturated heterocycles. The van der Waals surface area contributed by atoms with Gasteiger partial charge in [0.2, 0.25) is 0 Å². The summed E-state index contributed by atoms with van der Waals surface area (Å²) in [5.41, 5.74) is 1.82. The Labute approximate surface area is 212 Å². The first-order chi connectivity index (χ1) is 16.1. The van der Waals surface area contributed by atoms with Gasteiger partial charge in [-0.3, -0.25) is 4.79 Å². The maximum absolute atomic E-state index is 12.8. The van der Waals surface area contributed by atoms with Gasteiger partial charge in [-0.05, 0) is 69.9 Å². The van der Waals surface area contributed by atoms with Gasteiger partial charge in [0.25, 0.3) is 0 Å². The van der Waals surface area contributed by atoms with Crippen molar-refractivity contribution >= 4 is 41.1 Å². The van der Waals surface area contributed by atoms with Crippen LogP contribution >= 0.6 is 23.5 Å². The molecule has 0 fully saturated rings. The van der Waals surface area contributed by atoms with Gasteiger partial charge >= 0.3 is 6.09 Å². The molecule has 8 heteroatoms. The van der Waals surface area contributed by atoms with Crippen LogP contribution in [0.1, 0.15) is 56.0 Å². The summed E-state index contributed by atoms with van der Waals surface area (Å²) in [6, 6.07) is 13.0. The molecule has 6 nitrogen and oxygen atoms in total. The summed E-state index contributed by atoms with van der Waals surface area (Å²) in [5.74, 6) is 0.754. The molecule has 0 saturated carbocycles. The van der Waals surface area contributed by atoms with Crippen LogP contribution in [0.15, 0.2) is 42.5 Å². The fourth-order valence-electron chi connectivity index (χ4n) is 3.38.